The van der Waals surface area contributed by atoms with Gasteiger partial charge in [0.25, 0.3) is 5.91 Å². The zero-order valence-electron chi connectivity index (χ0n) is 14.2. The van der Waals surface area contributed by atoms with Gasteiger partial charge < -0.3 is 9.47 Å². The first-order chi connectivity index (χ1) is 12.1. The number of pyridine rings is 1. The number of aromatic nitrogens is 1. The summed E-state index contributed by atoms with van der Waals surface area (Å²) in [7, 11) is 1.74. The third kappa shape index (κ3) is 2.74. The molecule has 0 unspecified atom stereocenters. The normalized spacial score (nSPS) is 13.0. The second kappa shape index (κ2) is 6.20. The molecule has 4 rings (SSSR count). The van der Waals surface area contributed by atoms with Crippen molar-refractivity contribution in [2.45, 2.75) is 25.9 Å². The van der Waals surface area contributed by atoms with E-state index in [0.29, 0.717) is 11.9 Å². The van der Waals surface area contributed by atoms with Crippen LogP contribution in [0.3, 0.4) is 0 Å². The Morgan fingerprint density at radius 1 is 1.12 bits per heavy atom. The van der Waals surface area contributed by atoms with Crippen LogP contribution in [-0.2, 0) is 19.5 Å². The Hall–Kier alpha value is -2.88. The van der Waals surface area contributed by atoms with Gasteiger partial charge >= 0.3 is 0 Å². The molecule has 0 saturated carbocycles. The number of rotatable bonds is 3. The fraction of sp³-hybridized carbons (Fsp3) is 0.238. The number of hydrogen-bond donors (Lipinski definition) is 0. The molecule has 0 aliphatic carbocycles. The quantitative estimate of drug-likeness (QED) is 0.739. The van der Waals surface area contributed by atoms with Crippen molar-refractivity contribution >= 4 is 16.8 Å². The van der Waals surface area contributed by atoms with Crippen molar-refractivity contribution < 1.29 is 4.79 Å². The van der Waals surface area contributed by atoms with Crippen LogP contribution in [0.15, 0.2) is 59.5 Å². The first-order valence-corrected chi connectivity index (χ1v) is 8.59. The number of carbonyl (C=O) groups excluding carboxylic acids is 1. The fourth-order valence-corrected chi connectivity index (χ4v) is 3.64. The molecule has 4 heteroatoms. The summed E-state index contributed by atoms with van der Waals surface area (Å²) in [5.74, 6) is -0.226. The number of amides is 1. The highest BCUT2D eigenvalue weighted by atomic mass is 16.2. The number of carbonyl (C=O) groups is 1. The van der Waals surface area contributed by atoms with Crippen LogP contribution in [0.5, 0.6) is 0 Å². The van der Waals surface area contributed by atoms with Crippen LogP contribution in [0, 0.1) is 0 Å². The molecule has 4 nitrogen and oxygen atoms in total. The number of nitrogens with zero attached hydrogens (tertiary/aromatic N) is 2. The van der Waals surface area contributed by atoms with E-state index in [4.69, 9.17) is 0 Å². The maximum atomic E-state index is 12.9. The number of para-hydroxylation sites is 1. The van der Waals surface area contributed by atoms with Crippen molar-refractivity contribution in [1.29, 1.82) is 0 Å². The molecule has 0 saturated heterocycles. The van der Waals surface area contributed by atoms with Gasteiger partial charge in [-0.05, 0) is 30.0 Å². The molecule has 0 atom stereocenters. The van der Waals surface area contributed by atoms with Gasteiger partial charge in [0.1, 0.15) is 5.56 Å². The fourth-order valence-electron chi connectivity index (χ4n) is 3.64. The maximum Gasteiger partial charge on any atom is 0.259 e. The lowest BCUT2D eigenvalue weighted by Gasteiger charge is -2.22. The van der Waals surface area contributed by atoms with E-state index in [1.165, 1.54) is 5.56 Å². The Bertz CT molecular complexity index is 1010. The summed E-state index contributed by atoms with van der Waals surface area (Å²) < 4.78 is 2.07. The van der Waals surface area contributed by atoms with E-state index < -0.39 is 0 Å². The second-order valence-electron chi connectivity index (χ2n) is 6.63. The van der Waals surface area contributed by atoms with Crippen LogP contribution in [0.1, 0.15) is 27.9 Å². The predicted octanol–water partition coefficient (Wildman–Crippen LogP) is 3.22. The molecule has 126 valence electrons. The zero-order valence-corrected chi connectivity index (χ0v) is 14.2. The van der Waals surface area contributed by atoms with Crippen LogP contribution in [-0.4, -0.2) is 22.4 Å². The van der Waals surface area contributed by atoms with E-state index >= 15 is 0 Å². The van der Waals surface area contributed by atoms with Gasteiger partial charge in [-0.3, -0.25) is 9.59 Å². The van der Waals surface area contributed by atoms with Gasteiger partial charge in [-0.2, -0.15) is 0 Å². The van der Waals surface area contributed by atoms with E-state index in [0.717, 1.165) is 30.5 Å². The van der Waals surface area contributed by atoms with Crippen molar-refractivity contribution in [3.05, 3.63) is 81.6 Å². The molecule has 1 amide bonds. The van der Waals surface area contributed by atoms with Gasteiger partial charge in [-0.1, -0.05) is 42.5 Å². The molecule has 0 bridgehead atoms. The minimum Gasteiger partial charge on any atom is -0.346 e. The third-order valence-electron chi connectivity index (χ3n) is 4.87. The Morgan fingerprint density at radius 3 is 2.72 bits per heavy atom. The molecule has 25 heavy (non-hydrogen) atoms. The van der Waals surface area contributed by atoms with Gasteiger partial charge in [0.2, 0.25) is 5.43 Å². The van der Waals surface area contributed by atoms with Crippen LogP contribution in [0.4, 0.5) is 0 Å². The molecule has 0 spiro atoms. The average molecular weight is 332 g/mol. The highest BCUT2D eigenvalue weighted by Crippen LogP contribution is 2.23. The lowest BCUT2D eigenvalue weighted by Crippen LogP contribution is -2.32. The molecule has 0 radical (unpaired) electrons. The van der Waals surface area contributed by atoms with E-state index in [9.17, 15) is 9.59 Å². The van der Waals surface area contributed by atoms with Gasteiger partial charge in [0, 0.05) is 31.7 Å². The van der Waals surface area contributed by atoms with E-state index in [1.807, 2.05) is 42.5 Å². The lowest BCUT2D eigenvalue weighted by molar-refractivity contribution is 0.0783. The van der Waals surface area contributed by atoms with Crippen molar-refractivity contribution in [2.24, 2.45) is 0 Å². The SMILES string of the molecule is CN(Cc1ccccc1)C(=O)c1cn2c3c(cccc3c1=O)CCC2. The first-order valence-electron chi connectivity index (χ1n) is 8.59. The van der Waals surface area contributed by atoms with Crippen molar-refractivity contribution in [2.75, 3.05) is 7.05 Å². The molecule has 2 aromatic carbocycles. The summed E-state index contributed by atoms with van der Waals surface area (Å²) in [5.41, 5.74) is 3.31. The standard InChI is InChI=1S/C21H20N2O2/c1-22(13-15-7-3-2-4-8-15)21(25)18-14-23-12-6-10-16-9-5-11-17(19(16)23)20(18)24/h2-5,7-9,11,14H,6,10,12-13H2,1H3. The first kappa shape index (κ1) is 15.6. The summed E-state index contributed by atoms with van der Waals surface area (Å²) in [6.07, 6.45) is 3.76. The summed E-state index contributed by atoms with van der Waals surface area (Å²) in [5, 5.41) is 0.649. The maximum absolute atomic E-state index is 12.9. The Morgan fingerprint density at radius 2 is 1.92 bits per heavy atom. The van der Waals surface area contributed by atoms with Crippen molar-refractivity contribution in [3.8, 4) is 0 Å². The molecule has 3 aromatic rings. The molecular formula is C21H20N2O2. The van der Waals surface area contributed by atoms with Gasteiger partial charge in [-0.25, -0.2) is 0 Å². The Balaban J connectivity index is 1.75. The summed E-state index contributed by atoms with van der Waals surface area (Å²) >= 11 is 0. The molecule has 1 aromatic heterocycles. The zero-order chi connectivity index (χ0) is 17.4. The Labute approximate surface area is 146 Å². The molecule has 0 N–H and O–H groups in total. The molecule has 0 fully saturated rings. The summed E-state index contributed by atoms with van der Waals surface area (Å²) in [4.78, 5) is 27.4. The minimum atomic E-state index is -0.226. The second-order valence-corrected chi connectivity index (χ2v) is 6.63. The minimum absolute atomic E-state index is 0.167. The number of aryl methyl sites for hydroxylation is 2. The highest BCUT2D eigenvalue weighted by Gasteiger charge is 2.21. The number of benzene rings is 2. The van der Waals surface area contributed by atoms with E-state index in [1.54, 1.807) is 18.1 Å². The largest absolute Gasteiger partial charge is 0.346 e. The summed E-state index contributed by atoms with van der Waals surface area (Å²) in [6, 6.07) is 15.6. The van der Waals surface area contributed by atoms with Crippen molar-refractivity contribution in [3.63, 3.8) is 0 Å². The highest BCUT2D eigenvalue weighted by molar-refractivity contribution is 5.97. The van der Waals surface area contributed by atoms with Crippen LogP contribution < -0.4 is 5.43 Å². The van der Waals surface area contributed by atoms with Crippen LogP contribution >= 0.6 is 0 Å². The number of hydrogen-bond acceptors (Lipinski definition) is 2. The van der Waals surface area contributed by atoms with Gasteiger partial charge in [0.05, 0.1) is 5.52 Å². The predicted molar refractivity (Wildman–Crippen MR) is 98.8 cm³/mol. The topological polar surface area (TPSA) is 42.3 Å². The lowest BCUT2D eigenvalue weighted by atomic mass is 9.99. The molecule has 1 aliphatic rings. The van der Waals surface area contributed by atoms with E-state index in [2.05, 4.69) is 10.6 Å². The van der Waals surface area contributed by atoms with Gasteiger partial charge in [0.15, 0.2) is 0 Å². The average Bonchev–Trinajstić information content (AvgIpc) is 2.65. The molecule has 2 heterocycles. The molecular weight excluding hydrogens is 312 g/mol. The Kier molecular flexibility index (Phi) is 3.88. The summed E-state index contributed by atoms with van der Waals surface area (Å²) in [6.45, 7) is 1.33. The molecule has 1 aliphatic heterocycles. The third-order valence-corrected chi connectivity index (χ3v) is 4.87. The monoisotopic (exact) mass is 332 g/mol. The van der Waals surface area contributed by atoms with Crippen molar-refractivity contribution in [1.82, 2.24) is 9.47 Å². The van der Waals surface area contributed by atoms with Crippen LogP contribution in [0.2, 0.25) is 0 Å². The van der Waals surface area contributed by atoms with E-state index in [-0.39, 0.29) is 16.9 Å². The smallest absolute Gasteiger partial charge is 0.259 e. The van der Waals surface area contributed by atoms with Gasteiger partial charge in [-0.15, -0.1) is 0 Å². The van der Waals surface area contributed by atoms with Crippen LogP contribution in [0.25, 0.3) is 10.9 Å².